The maximum atomic E-state index is 13.8. The summed E-state index contributed by atoms with van der Waals surface area (Å²) < 4.78 is 22.5. The van der Waals surface area contributed by atoms with E-state index in [1.165, 1.54) is 27.4 Å². The summed E-state index contributed by atoms with van der Waals surface area (Å²) in [5, 5.41) is 0.160. The van der Waals surface area contributed by atoms with Crippen molar-refractivity contribution in [1.29, 1.82) is 0 Å². The molecule has 1 aliphatic heterocycles. The number of ether oxygens (including phenoxy) is 4. The molecule has 150 valence electrons. The minimum Gasteiger partial charge on any atom is -0.496 e. The van der Waals surface area contributed by atoms with Crippen LogP contribution in [0.2, 0.25) is 5.02 Å². The normalized spacial score (nSPS) is 22.8. The van der Waals surface area contributed by atoms with Crippen molar-refractivity contribution in [3.05, 3.63) is 64.4 Å². The second-order valence-electron chi connectivity index (χ2n) is 6.81. The molecule has 0 saturated heterocycles. The Balaban J connectivity index is 1.99. The van der Waals surface area contributed by atoms with Crippen molar-refractivity contribution in [1.82, 2.24) is 0 Å². The highest BCUT2D eigenvalue weighted by molar-refractivity contribution is 6.35. The Labute approximate surface area is 173 Å². The molecule has 29 heavy (non-hydrogen) atoms. The fourth-order valence-electron chi connectivity index (χ4n) is 4.07. The van der Waals surface area contributed by atoms with Gasteiger partial charge in [-0.3, -0.25) is 9.59 Å². The Bertz CT molecular complexity index is 1030. The molecule has 4 rings (SSSR count). The van der Waals surface area contributed by atoms with Crippen LogP contribution < -0.4 is 14.2 Å². The SMILES string of the molecule is COC1=CC(=O)C[C@@H](c2ccccc2)[C@]12Oc1c(Cl)c(OC)cc(OC)c1C2=O. The van der Waals surface area contributed by atoms with Gasteiger partial charge in [-0.05, 0) is 5.56 Å². The number of ketones is 2. The molecule has 6 nitrogen and oxygen atoms in total. The number of allylic oxidation sites excluding steroid dienone is 1. The van der Waals surface area contributed by atoms with Gasteiger partial charge >= 0.3 is 0 Å². The van der Waals surface area contributed by atoms with Gasteiger partial charge in [0.2, 0.25) is 11.4 Å². The van der Waals surface area contributed by atoms with Gasteiger partial charge in [0.1, 0.15) is 22.1 Å². The number of fused-ring (bicyclic) bond motifs is 1. The third-order valence-corrected chi connectivity index (χ3v) is 5.75. The summed E-state index contributed by atoms with van der Waals surface area (Å²) in [6, 6.07) is 10.8. The molecular formula is C22H19ClO6. The van der Waals surface area contributed by atoms with Crippen LogP contribution >= 0.6 is 11.6 Å². The van der Waals surface area contributed by atoms with Crippen LogP contribution in [0.5, 0.6) is 17.2 Å². The largest absolute Gasteiger partial charge is 0.496 e. The van der Waals surface area contributed by atoms with Crippen LogP contribution in [0.3, 0.4) is 0 Å². The van der Waals surface area contributed by atoms with E-state index >= 15 is 0 Å². The molecule has 7 heteroatoms. The summed E-state index contributed by atoms with van der Waals surface area (Å²) in [5.74, 6) is -0.219. The first kappa shape index (κ1) is 19.3. The summed E-state index contributed by atoms with van der Waals surface area (Å²) in [5.41, 5.74) is -0.571. The summed E-state index contributed by atoms with van der Waals surface area (Å²) in [7, 11) is 4.33. The molecule has 2 atom stereocenters. The Morgan fingerprint density at radius 2 is 1.72 bits per heavy atom. The van der Waals surface area contributed by atoms with Crippen LogP contribution in [0.4, 0.5) is 0 Å². The van der Waals surface area contributed by atoms with Gasteiger partial charge < -0.3 is 18.9 Å². The zero-order chi connectivity index (χ0) is 20.8. The molecule has 2 aliphatic rings. The summed E-state index contributed by atoms with van der Waals surface area (Å²) >= 11 is 6.48. The van der Waals surface area contributed by atoms with E-state index in [2.05, 4.69) is 0 Å². The van der Waals surface area contributed by atoms with Gasteiger partial charge in [-0.2, -0.15) is 0 Å². The van der Waals surface area contributed by atoms with Crippen molar-refractivity contribution in [3.8, 4) is 17.2 Å². The predicted octanol–water partition coefficient (Wildman–Crippen LogP) is 3.96. The number of benzene rings is 2. The summed E-state index contributed by atoms with van der Waals surface area (Å²) in [6.07, 6.45) is 1.41. The van der Waals surface area contributed by atoms with Gasteiger partial charge in [-0.1, -0.05) is 41.9 Å². The van der Waals surface area contributed by atoms with E-state index in [-0.39, 0.29) is 45.8 Å². The van der Waals surface area contributed by atoms with Crippen molar-refractivity contribution in [2.24, 2.45) is 0 Å². The molecule has 1 spiro atoms. The molecule has 0 aromatic heterocycles. The quantitative estimate of drug-likeness (QED) is 0.754. The lowest BCUT2D eigenvalue weighted by atomic mass is 9.71. The highest BCUT2D eigenvalue weighted by Crippen LogP contribution is 2.56. The monoisotopic (exact) mass is 414 g/mol. The van der Waals surface area contributed by atoms with E-state index in [1.54, 1.807) is 6.07 Å². The lowest BCUT2D eigenvalue weighted by Crippen LogP contribution is -2.51. The maximum absolute atomic E-state index is 13.8. The van der Waals surface area contributed by atoms with E-state index in [0.29, 0.717) is 5.75 Å². The van der Waals surface area contributed by atoms with Crippen molar-refractivity contribution in [3.63, 3.8) is 0 Å². The molecule has 0 bridgehead atoms. The van der Waals surface area contributed by atoms with Crippen LogP contribution in [0.25, 0.3) is 0 Å². The Morgan fingerprint density at radius 1 is 1.03 bits per heavy atom. The topological polar surface area (TPSA) is 71.1 Å². The van der Waals surface area contributed by atoms with Crippen LogP contribution in [-0.2, 0) is 9.53 Å². The summed E-state index contributed by atoms with van der Waals surface area (Å²) in [6.45, 7) is 0. The van der Waals surface area contributed by atoms with Gasteiger partial charge in [-0.25, -0.2) is 0 Å². The maximum Gasteiger partial charge on any atom is 0.235 e. The Morgan fingerprint density at radius 3 is 2.34 bits per heavy atom. The highest BCUT2D eigenvalue weighted by Gasteiger charge is 2.61. The van der Waals surface area contributed by atoms with Crippen LogP contribution in [0.15, 0.2) is 48.2 Å². The van der Waals surface area contributed by atoms with Crippen LogP contribution in [0.1, 0.15) is 28.3 Å². The fraction of sp³-hybridized carbons (Fsp3) is 0.273. The zero-order valence-electron chi connectivity index (χ0n) is 16.2. The van der Waals surface area contributed by atoms with Crippen molar-refractivity contribution in [2.45, 2.75) is 17.9 Å². The highest BCUT2D eigenvalue weighted by atomic mass is 35.5. The molecule has 2 aromatic rings. The van der Waals surface area contributed by atoms with Crippen molar-refractivity contribution < 1.29 is 28.5 Å². The lowest BCUT2D eigenvalue weighted by molar-refractivity contribution is -0.117. The minimum absolute atomic E-state index is 0.0909. The third kappa shape index (κ3) is 2.70. The third-order valence-electron chi connectivity index (χ3n) is 5.39. The number of hydrogen-bond donors (Lipinski definition) is 0. The molecule has 0 fully saturated rings. The second-order valence-corrected chi connectivity index (χ2v) is 7.19. The molecule has 0 amide bonds. The predicted molar refractivity (Wildman–Crippen MR) is 106 cm³/mol. The van der Waals surface area contributed by atoms with E-state index in [4.69, 9.17) is 30.5 Å². The average molecular weight is 415 g/mol. The van der Waals surface area contributed by atoms with Crippen molar-refractivity contribution in [2.75, 3.05) is 21.3 Å². The minimum atomic E-state index is -1.56. The number of rotatable bonds is 4. The second kappa shape index (κ2) is 7.12. The van der Waals surface area contributed by atoms with E-state index < -0.39 is 11.5 Å². The summed E-state index contributed by atoms with van der Waals surface area (Å²) in [4.78, 5) is 26.3. The van der Waals surface area contributed by atoms with E-state index in [1.807, 2.05) is 30.3 Å². The molecular weight excluding hydrogens is 396 g/mol. The molecule has 2 aromatic carbocycles. The molecule has 0 N–H and O–H groups in total. The number of carbonyl (C=O) groups is 2. The first-order chi connectivity index (χ1) is 14.0. The number of hydrogen-bond acceptors (Lipinski definition) is 6. The molecule has 0 unspecified atom stereocenters. The van der Waals surface area contributed by atoms with Gasteiger partial charge in [0.15, 0.2) is 17.3 Å². The van der Waals surface area contributed by atoms with E-state index in [0.717, 1.165) is 5.56 Å². The number of methoxy groups -OCH3 is 3. The van der Waals surface area contributed by atoms with Gasteiger partial charge in [0, 0.05) is 24.5 Å². The lowest BCUT2D eigenvalue weighted by Gasteiger charge is -2.38. The first-order valence-corrected chi connectivity index (χ1v) is 9.38. The molecule has 0 radical (unpaired) electrons. The Kier molecular flexibility index (Phi) is 4.74. The van der Waals surface area contributed by atoms with Crippen molar-refractivity contribution >= 4 is 23.2 Å². The van der Waals surface area contributed by atoms with Gasteiger partial charge in [-0.15, -0.1) is 0 Å². The van der Waals surface area contributed by atoms with Gasteiger partial charge in [0.05, 0.1) is 21.3 Å². The Hall–Kier alpha value is -2.99. The number of halogens is 1. The standard InChI is InChI=1S/C22H19ClO6/c1-26-15-11-16(27-2)19(23)20-18(15)21(25)22(29-20)14(12-7-5-4-6-8-12)9-13(24)10-17(22)28-3/h4-8,10-11,14H,9H2,1-3H3/t14-,22-/m0/s1. The van der Waals surface area contributed by atoms with Gasteiger partial charge in [0.25, 0.3) is 0 Å². The fourth-order valence-corrected chi connectivity index (χ4v) is 4.34. The molecule has 1 heterocycles. The zero-order valence-corrected chi connectivity index (χ0v) is 16.9. The molecule has 1 aliphatic carbocycles. The number of carbonyl (C=O) groups excluding carboxylic acids is 2. The van der Waals surface area contributed by atoms with Crippen LogP contribution in [-0.4, -0.2) is 38.5 Å². The molecule has 0 saturated carbocycles. The van der Waals surface area contributed by atoms with Crippen LogP contribution in [0, 0.1) is 0 Å². The smallest absolute Gasteiger partial charge is 0.235 e. The average Bonchev–Trinajstić information content (AvgIpc) is 3.05. The first-order valence-electron chi connectivity index (χ1n) is 9.00. The van der Waals surface area contributed by atoms with E-state index in [9.17, 15) is 9.59 Å². The number of Topliss-reactive ketones (excluding diaryl/α,β-unsaturated/α-hetero) is 1.